The first-order valence-corrected chi connectivity index (χ1v) is 6.65. The summed E-state index contributed by atoms with van der Waals surface area (Å²) in [5.74, 6) is -1.17. The molecule has 1 aromatic rings. The fraction of sp³-hybridized carbons (Fsp3) is 0.222. The number of aliphatic carboxylic acids is 1. The Morgan fingerprint density at radius 2 is 1.82 bits per heavy atom. The Morgan fingerprint density at radius 1 is 1.35 bits per heavy atom. The van der Waals surface area contributed by atoms with Crippen molar-refractivity contribution in [3.63, 3.8) is 0 Å². The van der Waals surface area contributed by atoms with Crippen LogP contribution in [0.2, 0.25) is 0 Å². The number of carboxylic acids is 1. The molecule has 0 aliphatic heterocycles. The van der Waals surface area contributed by atoms with Crippen LogP contribution < -0.4 is 0 Å². The number of hydrogen-bond donors (Lipinski definition) is 2. The number of benzene rings is 1. The number of carbonyl (C=O) groups is 1. The van der Waals surface area contributed by atoms with Crippen LogP contribution in [-0.2, 0) is 4.79 Å². The third-order valence-corrected chi connectivity index (χ3v) is 5.97. The highest BCUT2D eigenvalue weighted by Gasteiger charge is 2.48. The lowest BCUT2D eigenvalue weighted by Gasteiger charge is -2.30. The second-order valence-electron chi connectivity index (χ2n) is 3.17. The van der Waals surface area contributed by atoms with Crippen molar-refractivity contribution in [2.24, 2.45) is 0 Å². The molecule has 17 heavy (non-hydrogen) atoms. The van der Waals surface area contributed by atoms with Crippen LogP contribution in [0.25, 0.3) is 0 Å². The molecule has 8 heteroatoms. The molecule has 2 N–H and O–H groups in total. The second-order valence-corrected chi connectivity index (χ2v) is 6.14. The molecule has 0 aliphatic rings. The highest BCUT2D eigenvalue weighted by Crippen LogP contribution is 2.45. The minimum Gasteiger partial charge on any atom is -0.508 e. The molecule has 0 saturated heterocycles. The average molecular weight is 408 g/mol. The van der Waals surface area contributed by atoms with Crippen molar-refractivity contribution < 1.29 is 15.0 Å². The molecule has 0 aliphatic carbocycles. The summed E-state index contributed by atoms with van der Waals surface area (Å²) in [4.78, 5) is 10.5. The van der Waals surface area contributed by atoms with Gasteiger partial charge in [0.2, 0.25) is 4.45 Å². The van der Waals surface area contributed by atoms with Crippen molar-refractivity contribution in [1.29, 1.82) is 0 Å². The molecule has 0 spiro atoms. The highest BCUT2D eigenvalue weighted by atomic mass is 79.9. The topological polar surface area (TPSA) is 60.8 Å². The van der Waals surface area contributed by atoms with Crippen LogP contribution in [0.3, 0.4) is 0 Å². The fourth-order valence-electron chi connectivity index (χ4n) is 1.13. The summed E-state index contributed by atoms with van der Waals surface area (Å²) in [6.45, 7) is 0. The van der Waals surface area contributed by atoms with Gasteiger partial charge in [0.05, 0.1) is 4.83 Å². The maximum absolute atomic E-state index is 11.2. The standard InChI is InChI=1S/C9H7Br2Cl2NO3/c10-7(5-1-3-6(15)4-2-5)9(11,8(16)17)14(12)13/h1-4,7,15H,(H,16,17)/t7?,9-/m0/s1. The van der Waals surface area contributed by atoms with Crippen LogP contribution in [0.5, 0.6) is 5.75 Å². The molecule has 1 aromatic carbocycles. The van der Waals surface area contributed by atoms with Gasteiger partial charge in [-0.1, -0.05) is 44.0 Å². The molecule has 0 bridgehead atoms. The molecule has 0 heterocycles. The molecule has 0 amide bonds. The molecule has 4 nitrogen and oxygen atoms in total. The Labute approximate surface area is 125 Å². The maximum atomic E-state index is 11.2. The van der Waals surface area contributed by atoms with E-state index >= 15 is 0 Å². The summed E-state index contributed by atoms with van der Waals surface area (Å²) >= 11 is 17.3. The van der Waals surface area contributed by atoms with Gasteiger partial charge in [-0.3, -0.25) is 0 Å². The highest BCUT2D eigenvalue weighted by molar-refractivity contribution is 9.12. The molecule has 2 atom stereocenters. The molecule has 0 saturated carbocycles. The van der Waals surface area contributed by atoms with E-state index in [0.717, 1.165) is 0 Å². The lowest BCUT2D eigenvalue weighted by Crippen LogP contribution is -2.44. The number of halogens is 4. The Balaban J connectivity index is 3.13. The van der Waals surface area contributed by atoms with Crippen molar-refractivity contribution in [1.82, 2.24) is 3.94 Å². The Hall–Kier alpha value is -0.0100. The van der Waals surface area contributed by atoms with E-state index in [1.54, 1.807) is 12.1 Å². The summed E-state index contributed by atoms with van der Waals surface area (Å²) in [5, 5.41) is 18.3. The van der Waals surface area contributed by atoms with Gasteiger partial charge in [0.1, 0.15) is 5.75 Å². The number of alkyl halides is 2. The maximum Gasteiger partial charge on any atom is 0.339 e. The van der Waals surface area contributed by atoms with Gasteiger partial charge in [0, 0.05) is 0 Å². The quantitative estimate of drug-likeness (QED) is 0.454. The van der Waals surface area contributed by atoms with Crippen molar-refractivity contribution in [2.45, 2.75) is 9.28 Å². The molecule has 0 radical (unpaired) electrons. The van der Waals surface area contributed by atoms with Crippen molar-refractivity contribution in [2.75, 3.05) is 0 Å². The molecule has 0 aromatic heterocycles. The molecular formula is C9H7Br2Cl2NO3. The van der Waals surface area contributed by atoms with Gasteiger partial charge >= 0.3 is 5.97 Å². The second kappa shape index (κ2) is 5.75. The van der Waals surface area contributed by atoms with E-state index in [2.05, 4.69) is 31.9 Å². The minimum atomic E-state index is -1.72. The van der Waals surface area contributed by atoms with Crippen LogP contribution in [0.4, 0.5) is 0 Å². The van der Waals surface area contributed by atoms with Gasteiger partial charge < -0.3 is 10.2 Å². The predicted molar refractivity (Wildman–Crippen MR) is 72.6 cm³/mol. The Morgan fingerprint density at radius 3 is 2.18 bits per heavy atom. The number of nitrogens with zero attached hydrogens (tertiary/aromatic N) is 1. The van der Waals surface area contributed by atoms with E-state index in [1.807, 2.05) is 0 Å². The predicted octanol–water partition coefficient (Wildman–Crippen LogP) is 3.61. The van der Waals surface area contributed by atoms with E-state index in [4.69, 9.17) is 33.8 Å². The zero-order valence-corrected chi connectivity index (χ0v) is 12.8. The number of carboxylic acid groups (broad SMARTS) is 1. The lowest BCUT2D eigenvalue weighted by molar-refractivity contribution is -0.141. The van der Waals surface area contributed by atoms with Crippen LogP contribution in [0.15, 0.2) is 24.3 Å². The average Bonchev–Trinajstić information content (AvgIpc) is 2.27. The fourth-order valence-corrected chi connectivity index (χ4v) is 2.68. The minimum absolute atomic E-state index is 0.0811. The van der Waals surface area contributed by atoms with Crippen molar-refractivity contribution >= 4 is 61.4 Å². The Kier molecular flexibility index (Phi) is 5.09. The van der Waals surface area contributed by atoms with Crippen LogP contribution in [0, 0.1) is 0 Å². The number of hydrogen-bond acceptors (Lipinski definition) is 3. The third-order valence-electron chi connectivity index (χ3n) is 2.07. The Bertz CT molecular complexity index is 415. The first kappa shape index (κ1) is 15.0. The summed E-state index contributed by atoms with van der Waals surface area (Å²) in [6, 6.07) is 5.99. The summed E-state index contributed by atoms with van der Waals surface area (Å²) in [7, 11) is 0. The van der Waals surface area contributed by atoms with Crippen molar-refractivity contribution in [3.8, 4) is 5.75 Å². The molecule has 1 unspecified atom stereocenters. The van der Waals surface area contributed by atoms with E-state index in [9.17, 15) is 4.79 Å². The molecule has 0 fully saturated rings. The first-order chi connectivity index (χ1) is 7.80. The molecule has 1 rings (SSSR count). The zero-order valence-electron chi connectivity index (χ0n) is 8.15. The van der Waals surface area contributed by atoms with Gasteiger partial charge in [0.15, 0.2) is 0 Å². The van der Waals surface area contributed by atoms with Crippen LogP contribution in [-0.4, -0.2) is 24.6 Å². The largest absolute Gasteiger partial charge is 0.508 e. The lowest BCUT2D eigenvalue weighted by atomic mass is 10.1. The zero-order chi connectivity index (χ0) is 13.2. The SMILES string of the molecule is O=C(O)[C@](Br)(C(Br)c1ccc(O)cc1)N(Cl)Cl. The number of phenolic OH excluding ortho intramolecular Hbond substituents is 1. The van der Waals surface area contributed by atoms with Crippen LogP contribution >= 0.6 is 55.4 Å². The summed E-state index contributed by atoms with van der Waals surface area (Å²) in [5.41, 5.74) is 0.591. The number of phenols is 1. The summed E-state index contributed by atoms with van der Waals surface area (Å²) < 4.78 is -1.20. The van der Waals surface area contributed by atoms with Gasteiger partial charge in [-0.2, -0.15) is 0 Å². The summed E-state index contributed by atoms with van der Waals surface area (Å²) in [6.07, 6.45) is 0. The van der Waals surface area contributed by atoms with E-state index < -0.39 is 15.2 Å². The number of rotatable bonds is 4. The third kappa shape index (κ3) is 3.06. The monoisotopic (exact) mass is 405 g/mol. The van der Waals surface area contributed by atoms with E-state index in [1.165, 1.54) is 12.1 Å². The molecule has 94 valence electrons. The van der Waals surface area contributed by atoms with Crippen molar-refractivity contribution in [3.05, 3.63) is 29.8 Å². The van der Waals surface area contributed by atoms with Gasteiger partial charge in [-0.05, 0) is 41.2 Å². The number of aromatic hydroxyl groups is 1. The van der Waals surface area contributed by atoms with E-state index in [-0.39, 0.29) is 5.75 Å². The van der Waals surface area contributed by atoms with E-state index in [0.29, 0.717) is 9.50 Å². The van der Waals surface area contributed by atoms with Crippen LogP contribution in [0.1, 0.15) is 10.4 Å². The van der Waals surface area contributed by atoms with Gasteiger partial charge in [-0.25, -0.2) is 4.79 Å². The normalized spacial score (nSPS) is 16.5. The first-order valence-electron chi connectivity index (χ1n) is 4.27. The molecular weight excluding hydrogens is 401 g/mol. The van der Waals surface area contributed by atoms with Gasteiger partial charge in [0.25, 0.3) is 0 Å². The smallest absolute Gasteiger partial charge is 0.339 e. The van der Waals surface area contributed by atoms with Gasteiger partial charge in [-0.15, -0.1) is 3.94 Å².